The van der Waals surface area contributed by atoms with Crippen molar-refractivity contribution in [3.8, 4) is 11.1 Å². The van der Waals surface area contributed by atoms with E-state index >= 15 is 0 Å². The number of benzene rings is 1. The van der Waals surface area contributed by atoms with Crippen LogP contribution in [0.5, 0.6) is 0 Å². The third kappa shape index (κ3) is 6.07. The van der Waals surface area contributed by atoms with Gasteiger partial charge in [-0.15, -0.1) is 0 Å². The number of carbonyl (C=O) groups excluding carboxylic acids is 2. The highest BCUT2D eigenvalue weighted by molar-refractivity contribution is 5.93. The minimum absolute atomic E-state index is 0.123. The average molecular weight is 506 g/mol. The summed E-state index contributed by atoms with van der Waals surface area (Å²) in [6, 6.07) is 5.37. The highest BCUT2D eigenvalue weighted by Gasteiger charge is 2.46. The molecule has 192 valence electrons. The van der Waals surface area contributed by atoms with Crippen LogP contribution in [0, 0.1) is 25.1 Å². The molecular formula is C25H27F4N5O2. The number of anilines is 2. The Morgan fingerprint density at radius 1 is 1.00 bits per heavy atom. The van der Waals surface area contributed by atoms with Gasteiger partial charge in [-0.05, 0) is 49.6 Å². The Hall–Kier alpha value is -3.76. The second-order valence-corrected chi connectivity index (χ2v) is 9.22. The summed E-state index contributed by atoms with van der Waals surface area (Å²) >= 11 is 0. The molecule has 0 aliphatic carbocycles. The number of carbonyl (C=O) groups is 2. The maximum atomic E-state index is 14.6. The molecule has 0 saturated heterocycles. The molecule has 0 fully saturated rings. The van der Waals surface area contributed by atoms with Crippen LogP contribution in [0.2, 0.25) is 0 Å². The number of nitrogens with one attached hydrogen (secondary N) is 3. The van der Waals surface area contributed by atoms with Gasteiger partial charge >= 0.3 is 12.2 Å². The van der Waals surface area contributed by atoms with E-state index in [0.717, 1.165) is 13.8 Å². The highest BCUT2D eigenvalue weighted by Crippen LogP contribution is 2.40. The Bertz CT molecular complexity index is 1320. The maximum Gasteiger partial charge on any atom is 0.394 e. The SMILES string of the molecule is CC(=O)Nc1cc2nc(C)c(-c3cc(NC(=O)NCCC(C)(C)C(F)(F)F)c(F)cc3C)cc2cn1. The van der Waals surface area contributed by atoms with Gasteiger partial charge in [-0.2, -0.15) is 13.2 Å². The van der Waals surface area contributed by atoms with Gasteiger partial charge < -0.3 is 16.0 Å². The summed E-state index contributed by atoms with van der Waals surface area (Å²) in [6.45, 7) is 6.73. The minimum Gasteiger partial charge on any atom is -0.338 e. The van der Waals surface area contributed by atoms with Gasteiger partial charge in [0.2, 0.25) is 5.91 Å². The van der Waals surface area contributed by atoms with E-state index in [-0.39, 0.29) is 24.6 Å². The lowest BCUT2D eigenvalue weighted by molar-refractivity contribution is -0.213. The summed E-state index contributed by atoms with van der Waals surface area (Å²) in [5.74, 6) is -0.580. The smallest absolute Gasteiger partial charge is 0.338 e. The summed E-state index contributed by atoms with van der Waals surface area (Å²) in [4.78, 5) is 32.3. The minimum atomic E-state index is -4.41. The second kappa shape index (κ2) is 10.1. The van der Waals surface area contributed by atoms with Crippen LogP contribution in [0.1, 0.15) is 38.4 Å². The largest absolute Gasteiger partial charge is 0.394 e. The molecule has 0 bridgehead atoms. The van der Waals surface area contributed by atoms with E-state index in [0.29, 0.717) is 39.1 Å². The molecular weight excluding hydrogens is 478 g/mol. The van der Waals surface area contributed by atoms with Crippen LogP contribution in [0.25, 0.3) is 22.0 Å². The van der Waals surface area contributed by atoms with Crippen LogP contribution in [-0.4, -0.2) is 34.6 Å². The van der Waals surface area contributed by atoms with E-state index in [1.807, 2.05) is 6.07 Å². The summed E-state index contributed by atoms with van der Waals surface area (Å²) in [5, 5.41) is 8.01. The average Bonchev–Trinajstić information content (AvgIpc) is 2.74. The number of alkyl halides is 3. The molecule has 0 saturated carbocycles. The number of hydrogen-bond donors (Lipinski definition) is 3. The van der Waals surface area contributed by atoms with Gasteiger partial charge in [0.25, 0.3) is 0 Å². The molecule has 2 aromatic heterocycles. The molecule has 0 radical (unpaired) electrons. The molecule has 0 aliphatic heterocycles. The first-order valence-corrected chi connectivity index (χ1v) is 11.1. The molecule has 11 heteroatoms. The molecule has 0 spiro atoms. The fourth-order valence-electron chi connectivity index (χ4n) is 3.54. The van der Waals surface area contributed by atoms with Gasteiger partial charge in [-0.1, -0.05) is 13.8 Å². The van der Waals surface area contributed by atoms with Crippen LogP contribution < -0.4 is 16.0 Å². The molecule has 0 aliphatic rings. The van der Waals surface area contributed by atoms with Crippen molar-refractivity contribution in [2.75, 3.05) is 17.2 Å². The van der Waals surface area contributed by atoms with E-state index in [1.54, 1.807) is 26.1 Å². The summed E-state index contributed by atoms with van der Waals surface area (Å²) in [7, 11) is 0. The highest BCUT2D eigenvalue weighted by atomic mass is 19.4. The van der Waals surface area contributed by atoms with Crippen LogP contribution in [0.15, 0.2) is 30.5 Å². The molecule has 2 heterocycles. The lowest BCUT2D eigenvalue weighted by Crippen LogP contribution is -2.37. The van der Waals surface area contributed by atoms with Gasteiger partial charge in [0.15, 0.2) is 0 Å². The summed E-state index contributed by atoms with van der Waals surface area (Å²) < 4.78 is 53.6. The molecule has 0 atom stereocenters. The van der Waals surface area contributed by atoms with Crippen molar-refractivity contribution in [2.45, 2.75) is 47.2 Å². The first-order chi connectivity index (χ1) is 16.7. The fraction of sp³-hybridized carbons (Fsp3) is 0.360. The van der Waals surface area contributed by atoms with E-state index < -0.39 is 23.4 Å². The van der Waals surface area contributed by atoms with Crippen LogP contribution in [0.3, 0.4) is 0 Å². The summed E-state index contributed by atoms with van der Waals surface area (Å²) in [6.07, 6.45) is -3.18. The molecule has 1 aromatic carbocycles. The van der Waals surface area contributed by atoms with Crippen molar-refractivity contribution in [1.29, 1.82) is 0 Å². The van der Waals surface area contributed by atoms with Crippen LogP contribution in [-0.2, 0) is 4.79 Å². The molecule has 7 nitrogen and oxygen atoms in total. The zero-order valence-corrected chi connectivity index (χ0v) is 20.5. The van der Waals surface area contributed by atoms with Gasteiger partial charge in [-0.3, -0.25) is 9.78 Å². The molecule has 3 rings (SSSR count). The molecule has 0 unspecified atom stereocenters. The van der Waals surface area contributed by atoms with E-state index in [9.17, 15) is 27.2 Å². The van der Waals surface area contributed by atoms with Gasteiger partial charge in [0.1, 0.15) is 11.6 Å². The van der Waals surface area contributed by atoms with Crippen molar-refractivity contribution < 1.29 is 27.2 Å². The van der Waals surface area contributed by atoms with E-state index in [1.165, 1.54) is 19.1 Å². The number of fused-ring (bicyclic) bond motifs is 1. The van der Waals surface area contributed by atoms with E-state index in [4.69, 9.17) is 0 Å². The normalized spacial score (nSPS) is 11.9. The number of aromatic nitrogens is 2. The van der Waals surface area contributed by atoms with Gasteiger partial charge in [-0.25, -0.2) is 14.2 Å². The van der Waals surface area contributed by atoms with Crippen molar-refractivity contribution in [3.63, 3.8) is 0 Å². The molecule has 3 amide bonds. The molecule has 3 N–H and O–H groups in total. The molecule has 3 aromatic rings. The third-order valence-corrected chi connectivity index (χ3v) is 5.85. The number of halogens is 4. The Morgan fingerprint density at radius 2 is 1.69 bits per heavy atom. The number of aryl methyl sites for hydroxylation is 2. The van der Waals surface area contributed by atoms with Crippen LogP contribution in [0.4, 0.5) is 33.9 Å². The van der Waals surface area contributed by atoms with Crippen molar-refractivity contribution in [3.05, 3.63) is 47.5 Å². The van der Waals surface area contributed by atoms with Crippen LogP contribution >= 0.6 is 0 Å². The third-order valence-electron chi connectivity index (χ3n) is 5.85. The Labute approximate surface area is 205 Å². The number of rotatable bonds is 6. The quantitative estimate of drug-likeness (QED) is 0.352. The predicted molar refractivity (Wildman–Crippen MR) is 130 cm³/mol. The zero-order valence-electron chi connectivity index (χ0n) is 20.5. The summed E-state index contributed by atoms with van der Waals surface area (Å²) in [5.41, 5.74) is 1.03. The first kappa shape index (κ1) is 26.8. The van der Waals surface area contributed by atoms with Gasteiger partial charge in [0, 0.05) is 42.4 Å². The Balaban J connectivity index is 1.83. The maximum absolute atomic E-state index is 14.6. The van der Waals surface area contributed by atoms with Gasteiger partial charge in [0.05, 0.1) is 16.6 Å². The van der Waals surface area contributed by atoms with Crippen molar-refractivity contribution in [1.82, 2.24) is 15.3 Å². The Morgan fingerprint density at radius 3 is 2.33 bits per heavy atom. The Kier molecular flexibility index (Phi) is 7.51. The predicted octanol–water partition coefficient (Wildman–Crippen LogP) is 6.11. The first-order valence-electron chi connectivity index (χ1n) is 11.1. The lowest BCUT2D eigenvalue weighted by atomic mass is 9.89. The monoisotopic (exact) mass is 505 g/mol. The second-order valence-electron chi connectivity index (χ2n) is 9.22. The molecule has 36 heavy (non-hydrogen) atoms. The number of nitrogens with zero attached hydrogens (tertiary/aromatic N) is 2. The standard InChI is InChI=1S/C25H27F4N5O2/c1-13-8-19(26)21(34-23(36)30-7-6-24(4,5)25(27,28)29)10-17(13)18-9-16-12-31-22(33-15(3)35)11-20(16)32-14(18)2/h8-12H,6-7H2,1-5H3,(H2,30,34,36)(H,31,33,35). The number of hydrogen-bond acceptors (Lipinski definition) is 4. The topological polar surface area (TPSA) is 96.0 Å². The van der Waals surface area contributed by atoms with Crippen molar-refractivity contribution >= 4 is 34.3 Å². The number of urea groups is 1. The lowest BCUT2D eigenvalue weighted by Gasteiger charge is -2.27. The number of pyridine rings is 2. The zero-order chi connectivity index (χ0) is 26.8. The number of amides is 3. The van der Waals surface area contributed by atoms with Crippen molar-refractivity contribution in [2.24, 2.45) is 5.41 Å². The van der Waals surface area contributed by atoms with E-state index in [2.05, 4.69) is 25.9 Å². The fourth-order valence-corrected chi connectivity index (χ4v) is 3.54.